The third-order valence-electron chi connectivity index (χ3n) is 5.08. The van der Waals surface area contributed by atoms with Crippen molar-refractivity contribution in [1.82, 2.24) is 9.97 Å². The Kier molecular flexibility index (Phi) is 4.63. The number of methoxy groups -OCH3 is 2. The molecule has 0 N–H and O–H groups in total. The molecule has 0 atom stereocenters. The molecule has 1 aliphatic rings. The first kappa shape index (κ1) is 18.4. The quantitative estimate of drug-likeness (QED) is 0.479. The van der Waals surface area contributed by atoms with Crippen LogP contribution in [0.1, 0.15) is 0 Å². The van der Waals surface area contributed by atoms with Gasteiger partial charge >= 0.3 is 0 Å². The monoisotopic (exact) mass is 430 g/mol. The highest BCUT2D eigenvalue weighted by Gasteiger charge is 2.24. The van der Waals surface area contributed by atoms with E-state index in [9.17, 15) is 4.39 Å². The van der Waals surface area contributed by atoms with Gasteiger partial charge in [0.05, 0.1) is 18.9 Å². The van der Waals surface area contributed by atoms with Crippen LogP contribution in [0.4, 0.5) is 14.7 Å². The first-order valence-electron chi connectivity index (χ1n) is 9.24. The van der Waals surface area contributed by atoms with Crippen LogP contribution in [0.5, 0.6) is 11.5 Å². The highest BCUT2D eigenvalue weighted by atomic mass is 32.1. The van der Waals surface area contributed by atoms with Gasteiger partial charge in [0.25, 0.3) is 0 Å². The number of rotatable bonds is 4. The Morgan fingerprint density at radius 1 is 0.828 bits per heavy atom. The van der Waals surface area contributed by atoms with Gasteiger partial charge in [-0.25, -0.2) is 14.4 Å². The maximum Gasteiger partial charge on any atom is 0.186 e. The van der Waals surface area contributed by atoms with Gasteiger partial charge < -0.3 is 19.3 Å². The molecular weight excluding hydrogens is 411 g/mol. The molecule has 0 bridgehead atoms. The largest absolute Gasteiger partial charge is 0.495 e. The van der Waals surface area contributed by atoms with E-state index >= 15 is 0 Å². The number of fused-ring (bicyclic) bond motifs is 2. The number of ether oxygens (including phenoxy) is 2. The number of anilines is 2. The van der Waals surface area contributed by atoms with Crippen LogP contribution >= 0.6 is 22.7 Å². The second kappa shape index (κ2) is 7.31. The van der Waals surface area contributed by atoms with Crippen molar-refractivity contribution in [2.75, 3.05) is 50.2 Å². The predicted molar refractivity (Wildman–Crippen MR) is 117 cm³/mol. The molecule has 0 unspecified atom stereocenters. The molecule has 0 radical (unpaired) electrons. The van der Waals surface area contributed by atoms with Crippen LogP contribution in [0.3, 0.4) is 0 Å². The number of nitrogens with zero attached hydrogens (tertiary/aromatic N) is 4. The van der Waals surface area contributed by atoms with E-state index in [4.69, 9.17) is 14.5 Å². The summed E-state index contributed by atoms with van der Waals surface area (Å²) in [7, 11) is 3.32. The van der Waals surface area contributed by atoms with Gasteiger partial charge in [-0.2, -0.15) is 0 Å². The number of benzene rings is 2. The van der Waals surface area contributed by atoms with Crippen molar-refractivity contribution in [1.29, 1.82) is 0 Å². The smallest absolute Gasteiger partial charge is 0.186 e. The Morgan fingerprint density at radius 3 is 2.10 bits per heavy atom. The molecule has 1 fully saturated rings. The molecule has 0 spiro atoms. The SMILES string of the molecule is COc1ccc(OC)c2sc(N3CCN(c4nc5c(F)cccc5s4)CC3)nc12. The van der Waals surface area contributed by atoms with E-state index in [0.29, 0.717) is 5.52 Å². The molecule has 4 aromatic rings. The summed E-state index contributed by atoms with van der Waals surface area (Å²) in [5.41, 5.74) is 1.29. The first-order chi connectivity index (χ1) is 14.2. The Morgan fingerprint density at radius 2 is 1.45 bits per heavy atom. The van der Waals surface area contributed by atoms with Crippen LogP contribution in [0, 0.1) is 5.82 Å². The van der Waals surface area contributed by atoms with Crippen molar-refractivity contribution < 1.29 is 13.9 Å². The van der Waals surface area contributed by atoms with Crippen molar-refractivity contribution in [2.24, 2.45) is 0 Å². The van der Waals surface area contributed by atoms with Gasteiger partial charge in [0.15, 0.2) is 10.3 Å². The van der Waals surface area contributed by atoms with E-state index in [1.807, 2.05) is 18.2 Å². The minimum absolute atomic E-state index is 0.263. The number of thiazole rings is 2. The van der Waals surface area contributed by atoms with Gasteiger partial charge in [-0.05, 0) is 24.3 Å². The summed E-state index contributed by atoms with van der Waals surface area (Å²) in [6.45, 7) is 3.27. The highest BCUT2D eigenvalue weighted by Crippen LogP contribution is 2.40. The van der Waals surface area contributed by atoms with Crippen LogP contribution in [0.2, 0.25) is 0 Å². The lowest BCUT2D eigenvalue weighted by Crippen LogP contribution is -2.46. The van der Waals surface area contributed by atoms with Crippen molar-refractivity contribution in [3.63, 3.8) is 0 Å². The molecule has 1 aliphatic heterocycles. The second-order valence-corrected chi connectivity index (χ2v) is 8.69. The summed E-state index contributed by atoms with van der Waals surface area (Å²) in [4.78, 5) is 13.8. The molecule has 0 saturated carbocycles. The minimum Gasteiger partial charge on any atom is -0.495 e. The standard InChI is InChI=1S/C20H19FN4O2S2/c1-26-13-6-7-14(27-2)18-17(13)23-20(29-18)25-10-8-24(9-11-25)19-22-16-12(21)4-3-5-15(16)28-19/h3-7H,8-11H2,1-2H3. The van der Waals surface area contributed by atoms with Crippen molar-refractivity contribution in [3.8, 4) is 11.5 Å². The molecule has 1 saturated heterocycles. The summed E-state index contributed by atoms with van der Waals surface area (Å²) in [6, 6.07) is 8.90. The zero-order valence-electron chi connectivity index (χ0n) is 16.0. The fourth-order valence-electron chi connectivity index (χ4n) is 3.54. The molecule has 9 heteroatoms. The van der Waals surface area contributed by atoms with Crippen LogP contribution in [-0.4, -0.2) is 50.4 Å². The van der Waals surface area contributed by atoms with Gasteiger partial charge in [0.1, 0.15) is 33.0 Å². The molecule has 0 amide bonds. The number of aromatic nitrogens is 2. The lowest BCUT2D eigenvalue weighted by Gasteiger charge is -2.34. The van der Waals surface area contributed by atoms with E-state index in [0.717, 1.165) is 62.9 Å². The number of para-hydroxylation sites is 1. The van der Waals surface area contributed by atoms with Crippen molar-refractivity contribution in [2.45, 2.75) is 0 Å². The van der Waals surface area contributed by atoms with Crippen molar-refractivity contribution in [3.05, 3.63) is 36.1 Å². The van der Waals surface area contributed by atoms with Gasteiger partial charge in [0, 0.05) is 26.2 Å². The maximum atomic E-state index is 14.0. The van der Waals surface area contributed by atoms with E-state index in [1.54, 1.807) is 31.6 Å². The molecule has 29 heavy (non-hydrogen) atoms. The Labute approximate surface area is 175 Å². The zero-order valence-corrected chi connectivity index (χ0v) is 17.6. The molecule has 0 aliphatic carbocycles. The van der Waals surface area contributed by atoms with E-state index in [2.05, 4.69) is 14.8 Å². The average molecular weight is 431 g/mol. The number of hydrogen-bond acceptors (Lipinski definition) is 8. The van der Waals surface area contributed by atoms with E-state index in [-0.39, 0.29) is 5.82 Å². The average Bonchev–Trinajstić information content (AvgIpc) is 3.39. The normalized spacial score (nSPS) is 14.7. The second-order valence-electron chi connectivity index (χ2n) is 6.70. The lowest BCUT2D eigenvalue weighted by molar-refractivity contribution is 0.410. The Balaban J connectivity index is 1.38. The fraction of sp³-hybridized carbons (Fsp3) is 0.300. The Bertz CT molecular complexity index is 1140. The molecule has 5 rings (SSSR count). The minimum atomic E-state index is -0.263. The van der Waals surface area contributed by atoms with Gasteiger partial charge in [-0.15, -0.1) is 0 Å². The molecule has 150 valence electrons. The topological polar surface area (TPSA) is 50.7 Å². The highest BCUT2D eigenvalue weighted by molar-refractivity contribution is 7.22. The predicted octanol–water partition coefficient (Wildman–Crippen LogP) is 4.39. The maximum absolute atomic E-state index is 14.0. The van der Waals surface area contributed by atoms with Crippen molar-refractivity contribution >= 4 is 53.4 Å². The molecule has 6 nitrogen and oxygen atoms in total. The molecular formula is C20H19FN4O2S2. The molecule has 3 heterocycles. The third kappa shape index (κ3) is 3.14. The first-order valence-corrected chi connectivity index (χ1v) is 10.9. The van der Waals surface area contributed by atoms with Gasteiger partial charge in [-0.1, -0.05) is 28.7 Å². The Hall–Kier alpha value is -2.65. The summed E-state index contributed by atoms with van der Waals surface area (Å²) in [5.74, 6) is 1.29. The van der Waals surface area contributed by atoms with Gasteiger partial charge in [-0.3, -0.25) is 0 Å². The summed E-state index contributed by atoms with van der Waals surface area (Å²) in [5, 5.41) is 1.83. The number of hydrogen-bond donors (Lipinski definition) is 0. The molecule has 2 aromatic heterocycles. The van der Waals surface area contributed by atoms with Crippen LogP contribution in [0.15, 0.2) is 30.3 Å². The van der Waals surface area contributed by atoms with Gasteiger partial charge in [0.2, 0.25) is 0 Å². The van der Waals surface area contributed by atoms with Crippen LogP contribution in [0.25, 0.3) is 20.4 Å². The third-order valence-corrected chi connectivity index (χ3v) is 7.29. The molecule has 2 aromatic carbocycles. The van der Waals surface area contributed by atoms with E-state index in [1.165, 1.54) is 17.4 Å². The van der Waals surface area contributed by atoms with Crippen LogP contribution in [-0.2, 0) is 0 Å². The van der Waals surface area contributed by atoms with E-state index < -0.39 is 0 Å². The summed E-state index contributed by atoms with van der Waals surface area (Å²) < 4.78 is 26.8. The number of halogens is 1. The summed E-state index contributed by atoms with van der Waals surface area (Å²) in [6.07, 6.45) is 0. The number of piperazine rings is 1. The lowest BCUT2D eigenvalue weighted by atomic mass is 10.3. The van der Waals surface area contributed by atoms with Crippen LogP contribution < -0.4 is 19.3 Å². The summed E-state index contributed by atoms with van der Waals surface area (Å²) >= 11 is 3.15. The fourth-order valence-corrected chi connectivity index (χ4v) is 5.69. The zero-order chi connectivity index (χ0) is 20.0.